The zero-order valence-electron chi connectivity index (χ0n) is 9.86. The summed E-state index contributed by atoms with van der Waals surface area (Å²) in [5.41, 5.74) is 8.48. The second kappa shape index (κ2) is 4.99. The molecule has 0 spiro atoms. The summed E-state index contributed by atoms with van der Waals surface area (Å²) in [4.78, 5) is 0. The number of rotatable bonds is 4. The molecule has 0 bridgehead atoms. The lowest BCUT2D eigenvalue weighted by Gasteiger charge is -2.07. The molecule has 2 N–H and O–H groups in total. The van der Waals surface area contributed by atoms with E-state index in [2.05, 4.69) is 12.0 Å². The molecular formula is C13H16FN3. The second-order valence-corrected chi connectivity index (χ2v) is 4.08. The molecule has 1 aromatic carbocycles. The molecule has 0 atom stereocenters. The van der Waals surface area contributed by atoms with E-state index >= 15 is 0 Å². The van der Waals surface area contributed by atoms with E-state index in [4.69, 9.17) is 5.73 Å². The Kier molecular flexibility index (Phi) is 3.42. The van der Waals surface area contributed by atoms with Crippen LogP contribution in [0.1, 0.15) is 24.6 Å². The first-order valence-electron chi connectivity index (χ1n) is 5.75. The molecule has 2 aromatic rings. The first-order chi connectivity index (χ1) is 8.20. The van der Waals surface area contributed by atoms with Gasteiger partial charge in [-0.05, 0) is 24.1 Å². The number of nitrogens with zero attached hydrogens (tertiary/aromatic N) is 2. The minimum atomic E-state index is -0.223. The summed E-state index contributed by atoms with van der Waals surface area (Å²) in [5.74, 6) is -0.223. The third kappa shape index (κ3) is 2.64. The predicted molar refractivity (Wildman–Crippen MR) is 66.1 cm³/mol. The van der Waals surface area contributed by atoms with Gasteiger partial charge >= 0.3 is 0 Å². The van der Waals surface area contributed by atoms with Crippen molar-refractivity contribution in [2.24, 2.45) is 0 Å². The summed E-state index contributed by atoms with van der Waals surface area (Å²) >= 11 is 0. The molecule has 2 rings (SSSR count). The summed E-state index contributed by atoms with van der Waals surface area (Å²) in [7, 11) is 0. The number of hydrogen-bond donors (Lipinski definition) is 1. The third-order valence-electron chi connectivity index (χ3n) is 2.69. The SMILES string of the molecule is CCCc1c(N)cnn1Cc1cccc(F)c1. The molecule has 0 aliphatic heterocycles. The lowest BCUT2D eigenvalue weighted by atomic mass is 10.2. The van der Waals surface area contributed by atoms with Crippen LogP contribution in [0, 0.1) is 5.82 Å². The number of hydrogen-bond acceptors (Lipinski definition) is 2. The molecule has 90 valence electrons. The van der Waals surface area contributed by atoms with Crippen LogP contribution in [0.25, 0.3) is 0 Å². The summed E-state index contributed by atoms with van der Waals surface area (Å²) in [6, 6.07) is 6.55. The zero-order valence-corrected chi connectivity index (χ0v) is 9.86. The molecule has 0 aliphatic carbocycles. The van der Waals surface area contributed by atoms with Gasteiger partial charge < -0.3 is 5.73 Å². The Morgan fingerprint density at radius 1 is 1.41 bits per heavy atom. The number of benzene rings is 1. The van der Waals surface area contributed by atoms with Crippen molar-refractivity contribution in [1.82, 2.24) is 9.78 Å². The van der Waals surface area contributed by atoms with Crippen LogP contribution in [0.5, 0.6) is 0 Å². The normalized spacial score (nSPS) is 10.7. The van der Waals surface area contributed by atoms with E-state index in [1.54, 1.807) is 12.3 Å². The van der Waals surface area contributed by atoms with Gasteiger partial charge in [-0.3, -0.25) is 4.68 Å². The van der Waals surface area contributed by atoms with Gasteiger partial charge in [-0.1, -0.05) is 25.5 Å². The monoisotopic (exact) mass is 233 g/mol. The van der Waals surface area contributed by atoms with Gasteiger partial charge in [0.05, 0.1) is 24.1 Å². The Morgan fingerprint density at radius 3 is 2.94 bits per heavy atom. The molecule has 0 saturated heterocycles. The molecule has 1 heterocycles. The van der Waals surface area contributed by atoms with Crippen LogP contribution in [0.3, 0.4) is 0 Å². The number of nitrogen functional groups attached to an aromatic ring is 1. The fourth-order valence-electron chi connectivity index (χ4n) is 1.88. The minimum Gasteiger partial charge on any atom is -0.396 e. The highest BCUT2D eigenvalue weighted by Gasteiger charge is 2.07. The zero-order chi connectivity index (χ0) is 12.3. The van der Waals surface area contributed by atoms with Crippen LogP contribution in [0.15, 0.2) is 30.5 Å². The van der Waals surface area contributed by atoms with Crippen LogP contribution < -0.4 is 5.73 Å². The summed E-state index contributed by atoms with van der Waals surface area (Å²) in [6.45, 7) is 2.66. The first-order valence-corrected chi connectivity index (χ1v) is 5.75. The van der Waals surface area contributed by atoms with Crippen LogP contribution in [0.4, 0.5) is 10.1 Å². The number of halogens is 1. The molecule has 0 radical (unpaired) electrons. The predicted octanol–water partition coefficient (Wildman–Crippen LogP) is 2.61. The summed E-state index contributed by atoms with van der Waals surface area (Å²) in [6.07, 6.45) is 3.56. The fraction of sp³-hybridized carbons (Fsp3) is 0.308. The molecular weight excluding hydrogens is 217 g/mol. The lowest BCUT2D eigenvalue weighted by Crippen LogP contribution is -2.07. The second-order valence-electron chi connectivity index (χ2n) is 4.08. The maximum Gasteiger partial charge on any atom is 0.123 e. The van der Waals surface area contributed by atoms with E-state index in [0.717, 1.165) is 24.1 Å². The molecule has 0 aliphatic rings. The Balaban J connectivity index is 2.24. The fourth-order valence-corrected chi connectivity index (χ4v) is 1.88. The van der Waals surface area contributed by atoms with Gasteiger partial charge in [-0.25, -0.2) is 4.39 Å². The number of aromatic nitrogens is 2. The van der Waals surface area contributed by atoms with Crippen LogP contribution in [-0.4, -0.2) is 9.78 Å². The van der Waals surface area contributed by atoms with Crippen LogP contribution in [0.2, 0.25) is 0 Å². The van der Waals surface area contributed by atoms with E-state index in [9.17, 15) is 4.39 Å². The molecule has 0 fully saturated rings. The highest BCUT2D eigenvalue weighted by molar-refractivity contribution is 5.41. The largest absolute Gasteiger partial charge is 0.396 e. The number of anilines is 1. The van der Waals surface area contributed by atoms with Crippen molar-refractivity contribution in [1.29, 1.82) is 0 Å². The van der Waals surface area contributed by atoms with Crippen molar-refractivity contribution in [3.63, 3.8) is 0 Å². The molecule has 0 unspecified atom stereocenters. The van der Waals surface area contributed by atoms with Crippen molar-refractivity contribution in [2.45, 2.75) is 26.3 Å². The van der Waals surface area contributed by atoms with E-state index < -0.39 is 0 Å². The summed E-state index contributed by atoms with van der Waals surface area (Å²) < 4.78 is 14.9. The van der Waals surface area contributed by atoms with Crippen molar-refractivity contribution in [2.75, 3.05) is 5.73 Å². The first kappa shape index (κ1) is 11.6. The van der Waals surface area contributed by atoms with E-state index in [1.165, 1.54) is 12.1 Å². The van der Waals surface area contributed by atoms with E-state index in [0.29, 0.717) is 12.2 Å². The average molecular weight is 233 g/mol. The van der Waals surface area contributed by atoms with Gasteiger partial charge in [-0.15, -0.1) is 0 Å². The van der Waals surface area contributed by atoms with Crippen molar-refractivity contribution >= 4 is 5.69 Å². The van der Waals surface area contributed by atoms with Crippen molar-refractivity contribution < 1.29 is 4.39 Å². The molecule has 0 amide bonds. The minimum absolute atomic E-state index is 0.223. The number of nitrogens with two attached hydrogens (primary N) is 1. The molecule has 0 saturated carbocycles. The van der Waals surface area contributed by atoms with Gasteiger partial charge in [-0.2, -0.15) is 5.10 Å². The van der Waals surface area contributed by atoms with Gasteiger partial charge in [0.2, 0.25) is 0 Å². The molecule has 4 heteroatoms. The lowest BCUT2D eigenvalue weighted by molar-refractivity contribution is 0.611. The van der Waals surface area contributed by atoms with Gasteiger partial charge in [0.15, 0.2) is 0 Å². The highest BCUT2D eigenvalue weighted by atomic mass is 19.1. The van der Waals surface area contributed by atoms with E-state index in [-0.39, 0.29) is 5.82 Å². The smallest absolute Gasteiger partial charge is 0.123 e. The average Bonchev–Trinajstić information content (AvgIpc) is 2.62. The Morgan fingerprint density at radius 2 is 2.24 bits per heavy atom. The van der Waals surface area contributed by atoms with Crippen LogP contribution in [-0.2, 0) is 13.0 Å². The maximum absolute atomic E-state index is 13.1. The maximum atomic E-state index is 13.1. The third-order valence-corrected chi connectivity index (χ3v) is 2.69. The molecule has 3 nitrogen and oxygen atoms in total. The quantitative estimate of drug-likeness (QED) is 0.882. The summed E-state index contributed by atoms with van der Waals surface area (Å²) in [5, 5.41) is 4.23. The van der Waals surface area contributed by atoms with Gasteiger partial charge in [0.1, 0.15) is 5.82 Å². The Bertz CT molecular complexity index is 505. The van der Waals surface area contributed by atoms with Crippen molar-refractivity contribution in [3.05, 3.63) is 47.5 Å². The van der Waals surface area contributed by atoms with Crippen molar-refractivity contribution in [3.8, 4) is 0 Å². The van der Waals surface area contributed by atoms with Crippen LogP contribution >= 0.6 is 0 Å². The Labute approximate surface area is 100 Å². The molecule has 17 heavy (non-hydrogen) atoms. The highest BCUT2D eigenvalue weighted by Crippen LogP contribution is 2.15. The Hall–Kier alpha value is -1.84. The van der Waals surface area contributed by atoms with Gasteiger partial charge in [0.25, 0.3) is 0 Å². The molecule has 1 aromatic heterocycles. The van der Waals surface area contributed by atoms with E-state index in [1.807, 2.05) is 10.7 Å². The topological polar surface area (TPSA) is 43.8 Å². The van der Waals surface area contributed by atoms with Gasteiger partial charge in [0, 0.05) is 0 Å². The standard InChI is InChI=1S/C13H16FN3/c1-2-4-13-12(15)8-16-17(13)9-10-5-3-6-11(14)7-10/h3,5-8H,2,4,9,15H2,1H3.